The molecule has 0 spiro atoms. The van der Waals surface area contributed by atoms with Crippen LogP contribution in [0.15, 0.2) is 18.5 Å². The first-order valence-corrected chi connectivity index (χ1v) is 5.80. The lowest BCUT2D eigenvalue weighted by Gasteiger charge is -1.95. The van der Waals surface area contributed by atoms with Crippen LogP contribution in [0.5, 0.6) is 0 Å². The average Bonchev–Trinajstić information content (AvgIpc) is 2.24. The quantitative estimate of drug-likeness (QED) is 0.695. The van der Waals surface area contributed by atoms with E-state index in [2.05, 4.69) is 11.9 Å². The van der Waals surface area contributed by atoms with E-state index in [-0.39, 0.29) is 0 Å². The molecular weight excluding hydrogens is 194 g/mol. The van der Waals surface area contributed by atoms with E-state index < -0.39 is 0 Å². The van der Waals surface area contributed by atoms with E-state index in [4.69, 9.17) is 11.6 Å². The summed E-state index contributed by atoms with van der Waals surface area (Å²) < 4.78 is 0. The van der Waals surface area contributed by atoms with Crippen molar-refractivity contribution >= 4 is 11.6 Å². The Hall–Kier alpha value is -0.560. The number of aromatic nitrogens is 1. The second kappa shape index (κ2) is 12.4. The molecule has 0 aliphatic heterocycles. The second-order valence-electron chi connectivity index (χ2n) is 2.26. The molecule has 0 saturated heterocycles. The van der Waals surface area contributed by atoms with Gasteiger partial charge in [0, 0.05) is 12.4 Å². The van der Waals surface area contributed by atoms with Gasteiger partial charge >= 0.3 is 0 Å². The van der Waals surface area contributed by atoms with Crippen LogP contribution in [0, 0.1) is 0 Å². The van der Waals surface area contributed by atoms with E-state index in [0.29, 0.717) is 0 Å². The van der Waals surface area contributed by atoms with Gasteiger partial charge in [0.05, 0.1) is 5.02 Å². The van der Waals surface area contributed by atoms with Crippen molar-refractivity contribution in [2.24, 2.45) is 0 Å². The predicted molar refractivity (Wildman–Crippen MR) is 65.9 cm³/mol. The van der Waals surface area contributed by atoms with Crippen molar-refractivity contribution in [1.29, 1.82) is 0 Å². The summed E-state index contributed by atoms with van der Waals surface area (Å²) in [6, 6.07) is 1.96. The number of hydrogen-bond donors (Lipinski definition) is 0. The molecule has 0 bridgehead atoms. The van der Waals surface area contributed by atoms with Gasteiger partial charge in [0.15, 0.2) is 0 Å². The molecule has 14 heavy (non-hydrogen) atoms. The van der Waals surface area contributed by atoms with Crippen LogP contribution >= 0.6 is 11.6 Å². The van der Waals surface area contributed by atoms with Gasteiger partial charge in [0.25, 0.3) is 0 Å². The minimum atomic E-state index is 0.728. The highest BCUT2D eigenvalue weighted by atomic mass is 35.5. The zero-order valence-electron chi connectivity index (χ0n) is 9.97. The highest BCUT2D eigenvalue weighted by molar-refractivity contribution is 6.30. The number of aryl methyl sites for hydroxylation is 1. The van der Waals surface area contributed by atoms with Crippen LogP contribution in [0.2, 0.25) is 5.02 Å². The van der Waals surface area contributed by atoms with Crippen molar-refractivity contribution in [1.82, 2.24) is 4.98 Å². The highest BCUT2D eigenvalue weighted by Gasteiger charge is 1.91. The molecule has 0 aliphatic carbocycles. The lowest BCUT2D eigenvalue weighted by molar-refractivity contribution is 0.914. The third kappa shape index (κ3) is 8.06. The molecule has 1 nitrogen and oxygen atoms in total. The minimum absolute atomic E-state index is 0.728. The van der Waals surface area contributed by atoms with Gasteiger partial charge in [0.2, 0.25) is 0 Å². The molecule has 0 saturated carbocycles. The van der Waals surface area contributed by atoms with Crippen molar-refractivity contribution in [3.05, 3.63) is 29.0 Å². The lowest BCUT2D eigenvalue weighted by Crippen LogP contribution is -1.83. The fourth-order valence-electron chi connectivity index (χ4n) is 0.881. The van der Waals surface area contributed by atoms with Gasteiger partial charge in [-0.2, -0.15) is 0 Å². The van der Waals surface area contributed by atoms with Crippen LogP contribution in [0.3, 0.4) is 0 Å². The maximum atomic E-state index is 5.72. The molecule has 0 fully saturated rings. The van der Waals surface area contributed by atoms with E-state index in [1.54, 1.807) is 6.20 Å². The summed E-state index contributed by atoms with van der Waals surface area (Å²) in [4.78, 5) is 3.97. The monoisotopic (exact) mass is 215 g/mol. The number of halogens is 1. The second-order valence-corrected chi connectivity index (χ2v) is 2.70. The Kier molecular flexibility index (Phi) is 14.1. The average molecular weight is 216 g/mol. The van der Waals surface area contributed by atoms with Gasteiger partial charge in [-0.05, 0) is 18.1 Å². The molecule has 0 atom stereocenters. The summed E-state index contributed by atoms with van der Waals surface area (Å²) in [7, 11) is 0. The van der Waals surface area contributed by atoms with Gasteiger partial charge in [0.1, 0.15) is 0 Å². The predicted octanol–water partition coefficient (Wildman–Crippen LogP) is 4.74. The third-order valence-electron chi connectivity index (χ3n) is 1.30. The Bertz CT molecular complexity index is 211. The Morgan fingerprint density at radius 1 is 1.14 bits per heavy atom. The van der Waals surface area contributed by atoms with Gasteiger partial charge in [-0.15, -0.1) is 0 Å². The smallest absolute Gasteiger partial charge is 0.0592 e. The fourth-order valence-corrected chi connectivity index (χ4v) is 1.08. The van der Waals surface area contributed by atoms with Gasteiger partial charge in [-0.1, -0.05) is 52.6 Å². The Morgan fingerprint density at radius 3 is 2.14 bits per heavy atom. The first kappa shape index (κ1) is 15.9. The maximum Gasteiger partial charge on any atom is 0.0592 e. The Morgan fingerprint density at radius 2 is 1.71 bits per heavy atom. The molecular formula is C12H22ClN. The van der Waals surface area contributed by atoms with Gasteiger partial charge < -0.3 is 0 Å². The standard InChI is InChI=1S/C8H10ClN.2C2H6/c1-2-3-7-4-8(9)6-10-5-7;2*1-2/h4-6H,2-3H2,1H3;2*1-2H3. The first-order valence-electron chi connectivity index (χ1n) is 5.42. The normalized spacial score (nSPS) is 7.86. The molecule has 1 aromatic rings. The zero-order chi connectivity index (χ0) is 11.4. The van der Waals surface area contributed by atoms with E-state index in [9.17, 15) is 0 Å². The number of nitrogens with zero attached hydrogens (tertiary/aromatic N) is 1. The van der Waals surface area contributed by atoms with Crippen LogP contribution in [0.4, 0.5) is 0 Å². The molecule has 1 aromatic heterocycles. The van der Waals surface area contributed by atoms with Crippen LogP contribution in [0.1, 0.15) is 46.6 Å². The highest BCUT2D eigenvalue weighted by Crippen LogP contribution is 2.09. The largest absolute Gasteiger partial charge is 0.263 e. The van der Waals surface area contributed by atoms with Crippen molar-refractivity contribution in [2.45, 2.75) is 47.5 Å². The first-order chi connectivity index (χ1) is 6.83. The fraction of sp³-hybridized carbons (Fsp3) is 0.583. The van der Waals surface area contributed by atoms with Crippen LogP contribution in [0.25, 0.3) is 0 Å². The van der Waals surface area contributed by atoms with Crippen molar-refractivity contribution in [2.75, 3.05) is 0 Å². The van der Waals surface area contributed by atoms with Crippen LogP contribution in [-0.2, 0) is 6.42 Å². The molecule has 0 aliphatic rings. The van der Waals surface area contributed by atoms with Crippen LogP contribution < -0.4 is 0 Å². The molecule has 1 heterocycles. The molecule has 0 unspecified atom stereocenters. The lowest BCUT2D eigenvalue weighted by atomic mass is 10.2. The molecule has 0 N–H and O–H groups in total. The summed E-state index contributed by atoms with van der Waals surface area (Å²) >= 11 is 5.72. The number of hydrogen-bond acceptors (Lipinski definition) is 1. The summed E-state index contributed by atoms with van der Waals surface area (Å²) in [6.45, 7) is 10.1. The maximum absolute atomic E-state index is 5.72. The van der Waals surface area contributed by atoms with Crippen LogP contribution in [-0.4, -0.2) is 4.98 Å². The third-order valence-corrected chi connectivity index (χ3v) is 1.51. The molecule has 0 aromatic carbocycles. The zero-order valence-corrected chi connectivity index (χ0v) is 10.7. The molecule has 0 radical (unpaired) electrons. The topological polar surface area (TPSA) is 12.9 Å². The summed E-state index contributed by atoms with van der Waals surface area (Å²) in [5, 5.41) is 0.728. The number of pyridine rings is 1. The van der Waals surface area contributed by atoms with Gasteiger partial charge in [-0.25, -0.2) is 0 Å². The van der Waals surface area contributed by atoms with Crippen molar-refractivity contribution in [3.63, 3.8) is 0 Å². The Labute approximate surface area is 93.5 Å². The van der Waals surface area contributed by atoms with E-state index in [1.807, 2.05) is 40.0 Å². The summed E-state index contributed by atoms with van der Waals surface area (Å²) in [5.41, 5.74) is 1.22. The number of rotatable bonds is 2. The summed E-state index contributed by atoms with van der Waals surface area (Å²) in [6.07, 6.45) is 5.71. The minimum Gasteiger partial charge on any atom is -0.263 e. The molecule has 82 valence electrons. The van der Waals surface area contributed by atoms with E-state index >= 15 is 0 Å². The molecule has 1 rings (SSSR count). The Balaban J connectivity index is 0. The summed E-state index contributed by atoms with van der Waals surface area (Å²) in [5.74, 6) is 0. The molecule has 2 heteroatoms. The van der Waals surface area contributed by atoms with Crippen molar-refractivity contribution in [3.8, 4) is 0 Å². The van der Waals surface area contributed by atoms with Gasteiger partial charge in [-0.3, -0.25) is 4.98 Å². The molecule has 0 amide bonds. The van der Waals surface area contributed by atoms with Crippen molar-refractivity contribution < 1.29 is 0 Å². The SMILES string of the molecule is CC.CC.CCCc1cncc(Cl)c1. The van der Waals surface area contributed by atoms with E-state index in [1.165, 1.54) is 5.56 Å². The van der Waals surface area contributed by atoms with E-state index in [0.717, 1.165) is 17.9 Å².